The molecule has 1 aliphatic heterocycles. The third kappa shape index (κ3) is 6.46. The highest BCUT2D eigenvalue weighted by Gasteiger charge is 2.31. The van der Waals surface area contributed by atoms with Crippen LogP contribution in [0, 0.1) is 5.92 Å². The maximum Gasteiger partial charge on any atom is 0.328 e. The van der Waals surface area contributed by atoms with E-state index in [0.29, 0.717) is 31.7 Å². The van der Waals surface area contributed by atoms with Crippen LogP contribution in [-0.2, 0) is 26.0 Å². The Morgan fingerprint density at radius 3 is 2.32 bits per heavy atom. The first-order valence-corrected chi connectivity index (χ1v) is 13.5. The summed E-state index contributed by atoms with van der Waals surface area (Å²) in [6.45, 7) is 6.34. The molecule has 0 aromatic heterocycles. The molecule has 0 spiro atoms. The molecule has 1 aromatic rings. The van der Waals surface area contributed by atoms with E-state index in [1.807, 2.05) is 13.8 Å². The van der Waals surface area contributed by atoms with Crippen molar-refractivity contribution in [2.24, 2.45) is 5.92 Å². The molecule has 3 rings (SSSR count). The van der Waals surface area contributed by atoms with E-state index in [1.54, 1.807) is 12.1 Å². The lowest BCUT2D eigenvalue weighted by molar-refractivity contribution is -0.141. The fourth-order valence-corrected chi connectivity index (χ4v) is 5.53. The van der Waals surface area contributed by atoms with Gasteiger partial charge in [0.15, 0.2) is 0 Å². The lowest BCUT2D eigenvalue weighted by atomic mass is 9.87. The number of amides is 4. The second-order valence-electron chi connectivity index (χ2n) is 9.43. The van der Waals surface area contributed by atoms with Crippen molar-refractivity contribution in [3.8, 4) is 0 Å². The largest absolute Gasteiger partial charge is 0.335 e. The quantitative estimate of drug-likeness (QED) is 0.579. The zero-order valence-electron chi connectivity index (χ0n) is 20.2. The van der Waals surface area contributed by atoms with Crippen molar-refractivity contribution in [3.05, 3.63) is 41.0 Å². The van der Waals surface area contributed by atoms with Gasteiger partial charge in [-0.25, -0.2) is 17.9 Å². The number of benzene rings is 1. The van der Waals surface area contributed by atoms with Gasteiger partial charge >= 0.3 is 6.03 Å². The Hall–Kier alpha value is -2.68. The first-order chi connectivity index (χ1) is 16.1. The molecular formula is C25H35N3O5S. The summed E-state index contributed by atoms with van der Waals surface area (Å²) in [5.74, 6) is 0.267. The molecule has 8 nitrogen and oxygen atoms in total. The minimum Gasteiger partial charge on any atom is -0.335 e. The molecule has 0 unspecified atom stereocenters. The van der Waals surface area contributed by atoms with Crippen LogP contribution in [0.25, 0.3) is 0 Å². The van der Waals surface area contributed by atoms with Crippen LogP contribution in [0.2, 0.25) is 0 Å². The van der Waals surface area contributed by atoms with E-state index >= 15 is 0 Å². The van der Waals surface area contributed by atoms with Crippen molar-refractivity contribution in [1.82, 2.24) is 14.9 Å². The molecule has 0 radical (unpaired) electrons. The molecule has 34 heavy (non-hydrogen) atoms. The van der Waals surface area contributed by atoms with Gasteiger partial charge in [0.1, 0.15) is 0 Å². The highest BCUT2D eigenvalue weighted by Crippen LogP contribution is 2.24. The van der Waals surface area contributed by atoms with E-state index in [4.69, 9.17) is 0 Å². The van der Waals surface area contributed by atoms with Crippen LogP contribution in [0.1, 0.15) is 71.3 Å². The van der Waals surface area contributed by atoms with E-state index in [0.717, 1.165) is 42.4 Å². The number of sulfonamides is 1. The SMILES string of the molecule is CCC1=C(C)CN(C(=O)CCCc2ccc(S(=O)(=O)NC(=O)NC3CCC(C)CC3)cc2)C1=O. The first-order valence-electron chi connectivity index (χ1n) is 12.1. The van der Waals surface area contributed by atoms with Gasteiger partial charge in [-0.1, -0.05) is 26.0 Å². The van der Waals surface area contributed by atoms with Crippen molar-refractivity contribution in [1.29, 1.82) is 0 Å². The van der Waals surface area contributed by atoms with E-state index in [-0.39, 0.29) is 29.2 Å². The number of carbonyl (C=O) groups is 3. The number of rotatable bonds is 8. The lowest BCUT2D eigenvalue weighted by Gasteiger charge is -2.26. The topological polar surface area (TPSA) is 113 Å². The zero-order chi connectivity index (χ0) is 24.9. The fraction of sp³-hybridized carbons (Fsp3) is 0.560. The van der Waals surface area contributed by atoms with Gasteiger partial charge in [-0.15, -0.1) is 0 Å². The van der Waals surface area contributed by atoms with Crippen molar-refractivity contribution in [2.75, 3.05) is 6.54 Å². The van der Waals surface area contributed by atoms with E-state index < -0.39 is 16.1 Å². The fourth-order valence-electron chi connectivity index (χ4n) is 4.62. The van der Waals surface area contributed by atoms with Gasteiger partial charge in [-0.05, 0) is 81.1 Å². The Kier molecular flexibility index (Phi) is 8.52. The molecule has 0 saturated heterocycles. The normalized spacial score (nSPS) is 21.0. The predicted octanol–water partition coefficient (Wildman–Crippen LogP) is 3.67. The van der Waals surface area contributed by atoms with E-state index in [9.17, 15) is 22.8 Å². The predicted molar refractivity (Wildman–Crippen MR) is 129 cm³/mol. The van der Waals surface area contributed by atoms with Gasteiger partial charge in [0, 0.05) is 18.0 Å². The van der Waals surface area contributed by atoms with Crippen molar-refractivity contribution < 1.29 is 22.8 Å². The third-order valence-electron chi connectivity index (χ3n) is 6.74. The molecule has 9 heteroatoms. The summed E-state index contributed by atoms with van der Waals surface area (Å²) in [7, 11) is -3.97. The number of hydrogen-bond acceptors (Lipinski definition) is 5. The van der Waals surface area contributed by atoms with Crippen LogP contribution >= 0.6 is 0 Å². The highest BCUT2D eigenvalue weighted by atomic mass is 32.2. The Morgan fingerprint density at radius 1 is 1.09 bits per heavy atom. The number of imide groups is 1. The summed E-state index contributed by atoms with van der Waals surface area (Å²) in [4.78, 5) is 38.3. The highest BCUT2D eigenvalue weighted by molar-refractivity contribution is 7.90. The molecule has 1 saturated carbocycles. The monoisotopic (exact) mass is 489 g/mol. The molecule has 1 aliphatic carbocycles. The molecule has 2 N–H and O–H groups in total. The molecular weight excluding hydrogens is 454 g/mol. The molecule has 186 valence electrons. The minimum absolute atomic E-state index is 0.000553. The van der Waals surface area contributed by atoms with Gasteiger partial charge < -0.3 is 5.32 Å². The van der Waals surface area contributed by atoms with Crippen molar-refractivity contribution >= 4 is 27.9 Å². The number of urea groups is 1. The first kappa shape index (κ1) is 25.9. The summed E-state index contributed by atoms with van der Waals surface area (Å²) in [6.07, 6.45) is 5.76. The van der Waals surface area contributed by atoms with Crippen LogP contribution < -0.4 is 10.0 Å². The lowest BCUT2D eigenvalue weighted by Crippen LogP contribution is -2.45. The zero-order valence-corrected chi connectivity index (χ0v) is 21.0. The van der Waals surface area contributed by atoms with Crippen LogP contribution in [0.5, 0.6) is 0 Å². The Bertz CT molecular complexity index is 1050. The summed E-state index contributed by atoms with van der Waals surface area (Å²) in [6, 6.07) is 5.58. The van der Waals surface area contributed by atoms with Gasteiger partial charge in [-0.2, -0.15) is 0 Å². The smallest absolute Gasteiger partial charge is 0.328 e. The van der Waals surface area contributed by atoms with Gasteiger partial charge in [0.2, 0.25) is 5.91 Å². The molecule has 4 amide bonds. The summed E-state index contributed by atoms with van der Waals surface area (Å²) in [5.41, 5.74) is 2.55. The van der Waals surface area contributed by atoms with Gasteiger partial charge in [0.25, 0.3) is 15.9 Å². The van der Waals surface area contributed by atoms with Gasteiger partial charge in [-0.3, -0.25) is 14.5 Å². The molecule has 0 bridgehead atoms. The molecule has 1 heterocycles. The molecule has 1 fully saturated rings. The standard InChI is InChI=1S/C25H35N3O5S/c1-4-22-18(3)16-28(24(22)30)23(29)7-5-6-19-10-14-21(15-11-19)34(32,33)27-25(31)26-20-12-8-17(2)9-13-20/h10-11,14-15,17,20H,4-9,12-13,16H2,1-3H3,(H2,26,27,31). The van der Waals surface area contributed by atoms with Gasteiger partial charge in [0.05, 0.1) is 11.4 Å². The molecule has 1 aromatic carbocycles. The van der Waals surface area contributed by atoms with E-state index in [2.05, 4.69) is 17.0 Å². The number of hydrogen-bond donors (Lipinski definition) is 2. The Morgan fingerprint density at radius 2 is 1.74 bits per heavy atom. The number of carbonyl (C=O) groups excluding carboxylic acids is 3. The van der Waals surface area contributed by atoms with Crippen LogP contribution in [-0.4, -0.2) is 43.7 Å². The maximum atomic E-state index is 12.5. The minimum atomic E-state index is -3.97. The summed E-state index contributed by atoms with van der Waals surface area (Å²) in [5, 5.41) is 2.76. The van der Waals surface area contributed by atoms with Crippen LogP contribution in [0.4, 0.5) is 4.79 Å². The Labute approximate surface area is 202 Å². The number of nitrogens with one attached hydrogen (secondary N) is 2. The second-order valence-corrected chi connectivity index (χ2v) is 11.1. The maximum absolute atomic E-state index is 12.5. The molecule has 0 atom stereocenters. The molecule has 2 aliphatic rings. The van der Waals surface area contributed by atoms with Crippen LogP contribution in [0.3, 0.4) is 0 Å². The average Bonchev–Trinajstić information content (AvgIpc) is 3.08. The summed E-state index contributed by atoms with van der Waals surface area (Å²) < 4.78 is 27.2. The average molecular weight is 490 g/mol. The van der Waals surface area contributed by atoms with Crippen molar-refractivity contribution in [2.45, 2.75) is 83.1 Å². The number of nitrogens with zero attached hydrogens (tertiary/aromatic N) is 1. The van der Waals surface area contributed by atoms with E-state index in [1.165, 1.54) is 17.0 Å². The Balaban J connectivity index is 1.46. The summed E-state index contributed by atoms with van der Waals surface area (Å²) >= 11 is 0. The third-order valence-corrected chi connectivity index (χ3v) is 8.08. The van der Waals surface area contributed by atoms with Crippen molar-refractivity contribution in [3.63, 3.8) is 0 Å². The second kappa shape index (κ2) is 11.2. The number of aryl methyl sites for hydroxylation is 1. The van der Waals surface area contributed by atoms with Crippen LogP contribution in [0.15, 0.2) is 40.3 Å².